The third kappa shape index (κ3) is 3.56. The van der Waals surface area contributed by atoms with E-state index in [-0.39, 0.29) is 0 Å². The van der Waals surface area contributed by atoms with Crippen LogP contribution in [0.1, 0.15) is 26.2 Å². The fourth-order valence-electron chi connectivity index (χ4n) is 2.37. The summed E-state index contributed by atoms with van der Waals surface area (Å²) in [7, 11) is 4.65. The molecule has 0 radical (unpaired) electrons. The number of rotatable bonds is 4. The maximum atomic E-state index is 4.18. The first kappa shape index (κ1) is 12.0. The van der Waals surface area contributed by atoms with Gasteiger partial charge in [0.05, 0.1) is 33.2 Å². The van der Waals surface area contributed by atoms with E-state index < -0.39 is 0 Å². The maximum absolute atomic E-state index is 4.18. The Balaban J connectivity index is 2.26. The van der Waals surface area contributed by atoms with Crippen LogP contribution in [-0.2, 0) is 0 Å². The van der Waals surface area contributed by atoms with Crippen molar-refractivity contribution in [2.45, 2.75) is 38.3 Å². The van der Waals surface area contributed by atoms with E-state index in [4.69, 9.17) is 0 Å². The smallest absolute Gasteiger partial charge is 0.134 e. The summed E-state index contributed by atoms with van der Waals surface area (Å²) < 4.78 is 0. The first-order valence-electron chi connectivity index (χ1n) is 6.10. The van der Waals surface area contributed by atoms with Gasteiger partial charge in [-0.1, -0.05) is 6.92 Å². The van der Waals surface area contributed by atoms with Crippen LogP contribution in [0.4, 0.5) is 0 Å². The molecule has 1 rings (SSSR count). The third-order valence-corrected chi connectivity index (χ3v) is 3.72. The second-order valence-corrected chi connectivity index (χ2v) is 5.06. The fourth-order valence-corrected chi connectivity index (χ4v) is 2.37. The van der Waals surface area contributed by atoms with Crippen molar-refractivity contribution >= 4 is 0 Å². The van der Waals surface area contributed by atoms with Gasteiger partial charge in [0.1, 0.15) is 12.6 Å². The monoisotopic (exact) mass is 202 g/mol. The molecular formula is C11H28N3+3. The summed E-state index contributed by atoms with van der Waals surface area (Å²) in [5, 5.41) is 0. The largest absolute Gasteiger partial charge is 0.350 e. The van der Waals surface area contributed by atoms with Crippen molar-refractivity contribution in [3.63, 3.8) is 0 Å². The summed E-state index contributed by atoms with van der Waals surface area (Å²) in [5.74, 6) is 0. The molecule has 1 aliphatic heterocycles. The minimum Gasteiger partial charge on any atom is -0.350 e. The van der Waals surface area contributed by atoms with E-state index in [1.54, 1.807) is 9.80 Å². The molecule has 1 heterocycles. The van der Waals surface area contributed by atoms with E-state index in [0.29, 0.717) is 6.04 Å². The Labute approximate surface area is 88.2 Å². The lowest BCUT2D eigenvalue weighted by Crippen LogP contribution is -3.19. The minimum atomic E-state index is 0.641. The zero-order valence-corrected chi connectivity index (χ0v) is 10.1. The van der Waals surface area contributed by atoms with E-state index in [1.165, 1.54) is 38.9 Å². The minimum absolute atomic E-state index is 0.641. The molecule has 0 aromatic carbocycles. The summed E-state index contributed by atoms with van der Waals surface area (Å²) in [4.78, 5) is 3.41. The second kappa shape index (κ2) is 5.69. The van der Waals surface area contributed by atoms with Crippen molar-refractivity contribution in [1.29, 1.82) is 0 Å². The van der Waals surface area contributed by atoms with Crippen molar-refractivity contribution < 1.29 is 15.5 Å². The quantitative estimate of drug-likeness (QED) is 0.441. The first-order chi connectivity index (χ1) is 6.63. The highest BCUT2D eigenvalue weighted by molar-refractivity contribution is 4.59. The molecule has 1 aliphatic rings. The van der Waals surface area contributed by atoms with Crippen LogP contribution in [0.3, 0.4) is 0 Å². The molecule has 0 saturated carbocycles. The molecule has 84 valence electrons. The van der Waals surface area contributed by atoms with Crippen LogP contribution in [0.5, 0.6) is 0 Å². The number of nitrogens with one attached hydrogen (secondary N) is 2. The van der Waals surface area contributed by atoms with Crippen molar-refractivity contribution in [2.75, 3.05) is 33.7 Å². The van der Waals surface area contributed by atoms with Crippen molar-refractivity contribution in [3.05, 3.63) is 0 Å². The highest BCUT2D eigenvalue weighted by Gasteiger charge is 2.27. The van der Waals surface area contributed by atoms with Gasteiger partial charge in [0.15, 0.2) is 0 Å². The molecule has 0 bridgehead atoms. The fraction of sp³-hybridized carbons (Fsp3) is 1.00. The van der Waals surface area contributed by atoms with E-state index >= 15 is 0 Å². The Kier molecular flexibility index (Phi) is 4.85. The first-order valence-corrected chi connectivity index (χ1v) is 6.10. The predicted molar refractivity (Wildman–Crippen MR) is 58.4 cm³/mol. The van der Waals surface area contributed by atoms with Crippen LogP contribution in [0, 0.1) is 0 Å². The topological polar surface area (TPSA) is 36.5 Å². The number of likely N-dealkylation sites (N-methyl/N-ethyl adjacent to an activating group) is 1. The normalized spacial score (nSPS) is 32.6. The van der Waals surface area contributed by atoms with Crippen molar-refractivity contribution in [1.82, 2.24) is 0 Å². The molecule has 1 saturated heterocycles. The maximum Gasteiger partial charge on any atom is 0.134 e. The van der Waals surface area contributed by atoms with Crippen LogP contribution in [-0.4, -0.2) is 45.8 Å². The molecule has 5 N–H and O–H groups in total. The molecule has 1 unspecified atom stereocenters. The molecule has 0 spiro atoms. The van der Waals surface area contributed by atoms with E-state index in [1.807, 2.05) is 0 Å². The Bertz CT molecular complexity index is 153. The standard InChI is InChI=1S/C11H25N3/c1-4-10(12)9-14(3)11-5-7-13(2)8-6-11/h10-11H,4-9,12H2,1-3H3/p+3/t10-/m1/s1. The lowest BCUT2D eigenvalue weighted by molar-refractivity contribution is -0.944. The average molecular weight is 202 g/mol. The lowest BCUT2D eigenvalue weighted by Gasteiger charge is -2.31. The van der Waals surface area contributed by atoms with Gasteiger partial charge in [0.25, 0.3) is 0 Å². The number of hydrogen-bond acceptors (Lipinski definition) is 0. The highest BCUT2D eigenvalue weighted by Crippen LogP contribution is 1.94. The number of quaternary nitrogens is 3. The van der Waals surface area contributed by atoms with E-state index in [0.717, 1.165) is 6.04 Å². The molecular weight excluding hydrogens is 174 g/mol. The Morgan fingerprint density at radius 1 is 1.43 bits per heavy atom. The van der Waals surface area contributed by atoms with Crippen LogP contribution in [0.2, 0.25) is 0 Å². The van der Waals surface area contributed by atoms with Gasteiger partial charge < -0.3 is 15.5 Å². The van der Waals surface area contributed by atoms with Gasteiger partial charge in [-0.2, -0.15) is 0 Å². The summed E-state index contributed by atoms with van der Waals surface area (Å²) in [6.45, 7) is 6.20. The molecule has 3 nitrogen and oxygen atoms in total. The van der Waals surface area contributed by atoms with Crippen LogP contribution >= 0.6 is 0 Å². The van der Waals surface area contributed by atoms with Crippen LogP contribution < -0.4 is 15.5 Å². The molecule has 0 aromatic heterocycles. The summed E-state index contributed by atoms with van der Waals surface area (Å²) >= 11 is 0. The molecule has 0 amide bonds. The zero-order chi connectivity index (χ0) is 10.6. The molecule has 0 aliphatic carbocycles. The zero-order valence-electron chi connectivity index (χ0n) is 10.1. The van der Waals surface area contributed by atoms with Crippen molar-refractivity contribution in [3.8, 4) is 0 Å². The Morgan fingerprint density at radius 3 is 2.50 bits per heavy atom. The van der Waals surface area contributed by atoms with Gasteiger partial charge in [0, 0.05) is 19.3 Å². The van der Waals surface area contributed by atoms with E-state index in [9.17, 15) is 0 Å². The summed E-state index contributed by atoms with van der Waals surface area (Å²) in [6.07, 6.45) is 4.01. The van der Waals surface area contributed by atoms with Crippen LogP contribution in [0.25, 0.3) is 0 Å². The average Bonchev–Trinajstić information content (AvgIpc) is 2.18. The number of hydrogen-bond donors (Lipinski definition) is 3. The number of piperidine rings is 1. The van der Waals surface area contributed by atoms with Gasteiger partial charge in [0.2, 0.25) is 0 Å². The van der Waals surface area contributed by atoms with Gasteiger partial charge in [-0.15, -0.1) is 0 Å². The van der Waals surface area contributed by atoms with E-state index in [2.05, 4.69) is 26.8 Å². The Morgan fingerprint density at radius 2 is 2.00 bits per heavy atom. The summed E-state index contributed by atoms with van der Waals surface area (Å²) in [6, 6.07) is 1.54. The van der Waals surface area contributed by atoms with Crippen LogP contribution in [0.15, 0.2) is 0 Å². The van der Waals surface area contributed by atoms with Gasteiger partial charge >= 0.3 is 0 Å². The molecule has 2 atom stereocenters. The lowest BCUT2D eigenvalue weighted by atomic mass is 10.0. The molecule has 3 heteroatoms. The Hall–Kier alpha value is -0.120. The predicted octanol–water partition coefficient (Wildman–Crippen LogP) is -2.80. The summed E-state index contributed by atoms with van der Waals surface area (Å²) in [5.41, 5.74) is 4.18. The number of likely N-dealkylation sites (tertiary alicyclic amines) is 1. The molecule has 1 fully saturated rings. The second-order valence-electron chi connectivity index (χ2n) is 5.06. The van der Waals surface area contributed by atoms with Gasteiger partial charge in [-0.3, -0.25) is 0 Å². The molecule has 14 heavy (non-hydrogen) atoms. The third-order valence-electron chi connectivity index (χ3n) is 3.72. The highest BCUT2D eigenvalue weighted by atomic mass is 15.2. The molecule has 0 aromatic rings. The van der Waals surface area contributed by atoms with Gasteiger partial charge in [-0.25, -0.2) is 0 Å². The van der Waals surface area contributed by atoms with Gasteiger partial charge in [-0.05, 0) is 0 Å². The van der Waals surface area contributed by atoms with Crippen molar-refractivity contribution in [2.24, 2.45) is 0 Å². The SMILES string of the molecule is CC[C@@H]([NH3+])C[NH+](C)C1CC[NH+](C)CC1.